The molecule has 0 heterocycles. The fraction of sp³-hybridized carbons (Fsp3) is 0.294. The van der Waals surface area contributed by atoms with Gasteiger partial charge in [0.05, 0.1) is 6.10 Å². The van der Waals surface area contributed by atoms with Gasteiger partial charge in [-0.3, -0.25) is 0 Å². The van der Waals surface area contributed by atoms with Crippen LogP contribution in [-0.2, 0) is 0 Å². The molecule has 1 atom stereocenters. The summed E-state index contributed by atoms with van der Waals surface area (Å²) in [6.07, 6.45) is 2.01. The van der Waals surface area contributed by atoms with Crippen molar-refractivity contribution in [2.45, 2.75) is 25.9 Å². The van der Waals surface area contributed by atoms with Gasteiger partial charge in [0, 0.05) is 0 Å². The molecule has 0 spiro atoms. The predicted octanol–water partition coefficient (Wildman–Crippen LogP) is 3.99. The van der Waals surface area contributed by atoms with Crippen molar-refractivity contribution in [2.24, 2.45) is 5.73 Å². The maximum Gasteiger partial charge on any atom is 0.127 e. The van der Waals surface area contributed by atoms with E-state index in [9.17, 15) is 0 Å². The molecule has 0 amide bonds. The highest BCUT2D eigenvalue weighted by Crippen LogP contribution is 2.24. The van der Waals surface area contributed by atoms with Gasteiger partial charge in [0.15, 0.2) is 0 Å². The minimum absolute atomic E-state index is 0.181. The molecule has 1 unspecified atom stereocenters. The maximum atomic E-state index is 5.87. The zero-order valence-corrected chi connectivity index (χ0v) is 11.8. The third-order valence-corrected chi connectivity index (χ3v) is 3.05. The first-order valence-corrected chi connectivity index (χ1v) is 7.01. The third-order valence-electron chi connectivity index (χ3n) is 3.05. The van der Waals surface area contributed by atoms with Crippen LogP contribution < -0.4 is 15.2 Å². The predicted molar refractivity (Wildman–Crippen MR) is 81.3 cm³/mol. The van der Waals surface area contributed by atoms with E-state index in [1.165, 1.54) is 0 Å². The average molecular weight is 271 g/mol. The molecule has 2 rings (SSSR count). The lowest BCUT2D eigenvalue weighted by molar-refractivity contribution is 0.189. The Kier molecular flexibility index (Phi) is 5.44. The van der Waals surface area contributed by atoms with Gasteiger partial charge in [0.25, 0.3) is 0 Å². The molecule has 0 bridgehead atoms. The summed E-state index contributed by atoms with van der Waals surface area (Å²) in [5.41, 5.74) is 5.57. The van der Waals surface area contributed by atoms with Crippen molar-refractivity contribution >= 4 is 0 Å². The first-order valence-electron chi connectivity index (χ1n) is 7.01. The molecular formula is C17H21NO2. The molecule has 0 aliphatic carbocycles. The zero-order chi connectivity index (χ0) is 14.2. The van der Waals surface area contributed by atoms with Gasteiger partial charge in [-0.2, -0.15) is 0 Å². The fourth-order valence-electron chi connectivity index (χ4n) is 1.94. The number of para-hydroxylation sites is 1. The van der Waals surface area contributed by atoms with Crippen LogP contribution in [0.1, 0.15) is 19.8 Å². The van der Waals surface area contributed by atoms with E-state index in [1.807, 2.05) is 54.6 Å². The Balaban J connectivity index is 1.96. The Bertz CT molecular complexity index is 496. The Labute approximate surface area is 120 Å². The summed E-state index contributed by atoms with van der Waals surface area (Å²) in [6, 6.07) is 17.4. The van der Waals surface area contributed by atoms with Crippen LogP contribution in [0.4, 0.5) is 0 Å². The van der Waals surface area contributed by atoms with Crippen molar-refractivity contribution in [3.05, 3.63) is 54.6 Å². The molecule has 3 nitrogen and oxygen atoms in total. The SMILES string of the molecule is CCC(CCN)Oc1ccc(Oc2ccccc2)cc1. The molecule has 2 N–H and O–H groups in total. The summed E-state index contributed by atoms with van der Waals surface area (Å²) in [5.74, 6) is 2.48. The van der Waals surface area contributed by atoms with Gasteiger partial charge in [0.2, 0.25) is 0 Å². The second kappa shape index (κ2) is 7.56. The van der Waals surface area contributed by atoms with E-state index in [4.69, 9.17) is 15.2 Å². The van der Waals surface area contributed by atoms with Crippen LogP contribution in [0.3, 0.4) is 0 Å². The van der Waals surface area contributed by atoms with Gasteiger partial charge < -0.3 is 15.2 Å². The Hall–Kier alpha value is -2.00. The molecule has 0 aliphatic rings. The zero-order valence-electron chi connectivity index (χ0n) is 11.8. The summed E-state index contributed by atoms with van der Waals surface area (Å²) in [6.45, 7) is 2.75. The van der Waals surface area contributed by atoms with E-state index in [0.717, 1.165) is 30.1 Å². The number of rotatable bonds is 7. The number of hydrogen-bond acceptors (Lipinski definition) is 3. The smallest absolute Gasteiger partial charge is 0.127 e. The number of hydrogen-bond donors (Lipinski definition) is 1. The standard InChI is InChI=1S/C17H21NO2/c1-2-14(12-13-18)19-16-8-10-17(11-9-16)20-15-6-4-3-5-7-15/h3-11,14H,2,12-13,18H2,1H3. The molecule has 106 valence electrons. The maximum absolute atomic E-state index is 5.87. The minimum Gasteiger partial charge on any atom is -0.490 e. The van der Waals surface area contributed by atoms with Crippen molar-refractivity contribution in [2.75, 3.05) is 6.54 Å². The van der Waals surface area contributed by atoms with E-state index in [2.05, 4.69) is 6.92 Å². The minimum atomic E-state index is 0.181. The van der Waals surface area contributed by atoms with E-state index in [1.54, 1.807) is 0 Å². The summed E-state index contributed by atoms with van der Waals surface area (Å²) in [4.78, 5) is 0. The first-order chi connectivity index (χ1) is 9.81. The fourth-order valence-corrected chi connectivity index (χ4v) is 1.94. The van der Waals surface area contributed by atoms with Crippen LogP contribution in [0.15, 0.2) is 54.6 Å². The van der Waals surface area contributed by atoms with Crippen LogP contribution in [-0.4, -0.2) is 12.6 Å². The molecule has 2 aromatic rings. The molecule has 0 saturated heterocycles. The van der Waals surface area contributed by atoms with Gasteiger partial charge in [-0.1, -0.05) is 25.1 Å². The van der Waals surface area contributed by atoms with Gasteiger partial charge in [-0.15, -0.1) is 0 Å². The van der Waals surface area contributed by atoms with Crippen LogP contribution in [0.2, 0.25) is 0 Å². The molecule has 0 fully saturated rings. The summed E-state index contributed by atoms with van der Waals surface area (Å²) < 4.78 is 11.6. The molecule has 0 saturated carbocycles. The highest BCUT2D eigenvalue weighted by atomic mass is 16.5. The van der Waals surface area contributed by atoms with Gasteiger partial charge in [-0.25, -0.2) is 0 Å². The van der Waals surface area contributed by atoms with Crippen molar-refractivity contribution in [1.82, 2.24) is 0 Å². The molecule has 20 heavy (non-hydrogen) atoms. The second-order valence-electron chi connectivity index (χ2n) is 4.61. The number of nitrogens with two attached hydrogens (primary N) is 1. The molecule has 0 aromatic heterocycles. The van der Waals surface area contributed by atoms with Gasteiger partial charge >= 0.3 is 0 Å². The van der Waals surface area contributed by atoms with Crippen molar-refractivity contribution < 1.29 is 9.47 Å². The largest absolute Gasteiger partial charge is 0.490 e. The quantitative estimate of drug-likeness (QED) is 0.828. The Morgan fingerprint density at radius 1 is 0.900 bits per heavy atom. The van der Waals surface area contributed by atoms with E-state index in [-0.39, 0.29) is 6.10 Å². The molecule has 0 radical (unpaired) electrons. The lowest BCUT2D eigenvalue weighted by Gasteiger charge is -2.17. The molecular weight excluding hydrogens is 250 g/mol. The average Bonchev–Trinajstić information content (AvgIpc) is 2.50. The van der Waals surface area contributed by atoms with Crippen molar-refractivity contribution in [3.63, 3.8) is 0 Å². The van der Waals surface area contributed by atoms with E-state index < -0.39 is 0 Å². The van der Waals surface area contributed by atoms with Crippen LogP contribution in [0, 0.1) is 0 Å². The molecule has 2 aromatic carbocycles. The van der Waals surface area contributed by atoms with Gasteiger partial charge in [-0.05, 0) is 55.8 Å². The van der Waals surface area contributed by atoms with Crippen LogP contribution in [0.25, 0.3) is 0 Å². The first kappa shape index (κ1) is 14.4. The highest BCUT2D eigenvalue weighted by molar-refractivity contribution is 5.35. The lowest BCUT2D eigenvalue weighted by atomic mass is 10.2. The summed E-state index contributed by atoms with van der Waals surface area (Å²) >= 11 is 0. The molecule has 0 aliphatic heterocycles. The van der Waals surface area contributed by atoms with Crippen LogP contribution in [0.5, 0.6) is 17.2 Å². The number of benzene rings is 2. The van der Waals surface area contributed by atoms with Gasteiger partial charge in [0.1, 0.15) is 17.2 Å². The monoisotopic (exact) mass is 271 g/mol. The topological polar surface area (TPSA) is 44.5 Å². The number of ether oxygens (including phenoxy) is 2. The summed E-state index contributed by atoms with van der Waals surface area (Å²) in [7, 11) is 0. The van der Waals surface area contributed by atoms with Crippen molar-refractivity contribution in [1.29, 1.82) is 0 Å². The normalized spacial score (nSPS) is 11.9. The van der Waals surface area contributed by atoms with E-state index >= 15 is 0 Å². The van der Waals surface area contributed by atoms with Crippen LogP contribution >= 0.6 is 0 Å². The Morgan fingerprint density at radius 2 is 1.50 bits per heavy atom. The van der Waals surface area contributed by atoms with E-state index in [0.29, 0.717) is 6.54 Å². The summed E-state index contributed by atoms with van der Waals surface area (Å²) in [5, 5.41) is 0. The third kappa shape index (κ3) is 4.28. The lowest BCUT2D eigenvalue weighted by Crippen LogP contribution is -2.19. The Morgan fingerprint density at radius 3 is 2.10 bits per heavy atom. The second-order valence-corrected chi connectivity index (χ2v) is 4.61. The molecule has 3 heteroatoms. The van der Waals surface area contributed by atoms with Crippen molar-refractivity contribution in [3.8, 4) is 17.2 Å². The highest BCUT2D eigenvalue weighted by Gasteiger charge is 2.07.